The number of amidine groups is 1. The number of carbonyl (C=O) groups excluding carboxylic acids is 2. The standard InChI is InChI=1S/C23H21N5O5/c24-21-15-6-5-14(10-13(15)11-25-21)26-22(31)19(30)20-23(32)28(8-9-33-20)16-3-1-2-12-4-7-17(29)27-18(12)16/h1-7,10,19-20,30H,8-9,11H2,(H2,24,25)(H,26,31)(H,27,29)/t19-,20-/m1/s1. The van der Waals surface area contributed by atoms with Gasteiger partial charge in [0.25, 0.3) is 11.8 Å². The number of ether oxygens (including phenoxy) is 1. The quantitative estimate of drug-likeness (QED) is 0.457. The molecule has 2 aromatic carbocycles. The number of carbonyl (C=O) groups is 2. The number of rotatable bonds is 4. The normalized spacial score (nSPS) is 18.7. The molecule has 1 fully saturated rings. The van der Waals surface area contributed by atoms with Crippen molar-refractivity contribution in [3.8, 4) is 0 Å². The molecule has 33 heavy (non-hydrogen) atoms. The Balaban J connectivity index is 1.36. The van der Waals surface area contributed by atoms with Crippen molar-refractivity contribution in [3.63, 3.8) is 0 Å². The first kappa shape index (κ1) is 20.9. The highest BCUT2D eigenvalue weighted by Crippen LogP contribution is 2.27. The predicted octanol–water partition coefficient (Wildman–Crippen LogP) is 0.478. The number of morpholine rings is 1. The van der Waals surface area contributed by atoms with Crippen LogP contribution in [0, 0.1) is 0 Å². The Kier molecular flexibility index (Phi) is 5.15. The number of aliphatic imine (C=N–C) groups is 1. The molecule has 0 spiro atoms. The minimum atomic E-state index is -1.73. The van der Waals surface area contributed by atoms with Gasteiger partial charge in [0.05, 0.1) is 24.4 Å². The van der Waals surface area contributed by atoms with Gasteiger partial charge in [0, 0.05) is 29.2 Å². The summed E-state index contributed by atoms with van der Waals surface area (Å²) in [5, 5.41) is 14.0. The van der Waals surface area contributed by atoms with Crippen molar-refractivity contribution < 1.29 is 19.4 Å². The number of H-pyrrole nitrogens is 1. The average molecular weight is 447 g/mol. The van der Waals surface area contributed by atoms with E-state index >= 15 is 0 Å². The molecule has 2 amide bonds. The van der Waals surface area contributed by atoms with E-state index in [1.807, 2.05) is 6.07 Å². The summed E-state index contributed by atoms with van der Waals surface area (Å²) in [5.41, 5.74) is 8.61. The number of fused-ring (bicyclic) bond motifs is 2. The molecule has 10 nitrogen and oxygen atoms in total. The van der Waals surface area contributed by atoms with Crippen molar-refractivity contribution in [3.05, 3.63) is 70.0 Å². The number of amides is 2. The van der Waals surface area contributed by atoms with Gasteiger partial charge in [-0.2, -0.15) is 0 Å². The molecular weight excluding hydrogens is 426 g/mol. The monoisotopic (exact) mass is 447 g/mol. The number of anilines is 2. The Morgan fingerprint density at radius 1 is 1.24 bits per heavy atom. The minimum Gasteiger partial charge on any atom is -0.383 e. The molecule has 0 aliphatic carbocycles. The van der Waals surface area contributed by atoms with Gasteiger partial charge >= 0.3 is 0 Å². The lowest BCUT2D eigenvalue weighted by Crippen LogP contribution is -2.55. The predicted molar refractivity (Wildman–Crippen MR) is 122 cm³/mol. The highest BCUT2D eigenvalue weighted by molar-refractivity contribution is 6.07. The van der Waals surface area contributed by atoms with Crippen molar-refractivity contribution in [2.75, 3.05) is 23.4 Å². The first-order valence-electron chi connectivity index (χ1n) is 10.4. The van der Waals surface area contributed by atoms with E-state index in [0.717, 1.165) is 16.5 Å². The van der Waals surface area contributed by atoms with E-state index in [9.17, 15) is 19.5 Å². The molecule has 5 rings (SSSR count). The number of para-hydroxylation sites is 1. The van der Waals surface area contributed by atoms with E-state index in [4.69, 9.17) is 10.5 Å². The van der Waals surface area contributed by atoms with Gasteiger partial charge in [0.1, 0.15) is 5.84 Å². The molecule has 1 saturated heterocycles. The lowest BCUT2D eigenvalue weighted by Gasteiger charge is -2.34. The number of benzene rings is 2. The van der Waals surface area contributed by atoms with Crippen LogP contribution in [0.3, 0.4) is 0 Å². The second kappa shape index (κ2) is 8.15. The molecule has 0 saturated carbocycles. The van der Waals surface area contributed by atoms with Gasteiger partial charge in [-0.25, -0.2) is 0 Å². The fourth-order valence-electron chi connectivity index (χ4n) is 4.12. The number of hydrogen-bond acceptors (Lipinski definition) is 7. The number of nitrogens with zero attached hydrogens (tertiary/aromatic N) is 2. The van der Waals surface area contributed by atoms with Crippen molar-refractivity contribution in [1.82, 2.24) is 4.98 Å². The van der Waals surface area contributed by atoms with Crippen LogP contribution in [-0.2, 0) is 20.9 Å². The Morgan fingerprint density at radius 2 is 2.09 bits per heavy atom. The van der Waals surface area contributed by atoms with Gasteiger partial charge < -0.3 is 30.8 Å². The highest BCUT2D eigenvalue weighted by Gasteiger charge is 2.40. The third-order valence-electron chi connectivity index (χ3n) is 5.77. The number of hydrogen-bond donors (Lipinski definition) is 4. The summed E-state index contributed by atoms with van der Waals surface area (Å²) < 4.78 is 5.48. The van der Waals surface area contributed by atoms with Crippen LogP contribution in [0.15, 0.2) is 58.3 Å². The maximum atomic E-state index is 13.2. The van der Waals surface area contributed by atoms with Gasteiger partial charge in [-0.1, -0.05) is 12.1 Å². The molecule has 1 aromatic heterocycles. The van der Waals surface area contributed by atoms with Crippen LogP contribution in [0.5, 0.6) is 0 Å². The molecule has 0 unspecified atom stereocenters. The fourth-order valence-corrected chi connectivity index (χ4v) is 4.12. The third-order valence-corrected chi connectivity index (χ3v) is 5.77. The van der Waals surface area contributed by atoms with E-state index in [0.29, 0.717) is 29.3 Å². The number of nitrogens with one attached hydrogen (secondary N) is 2. The Labute approximate surface area is 187 Å². The maximum Gasteiger partial charge on any atom is 0.259 e. The van der Waals surface area contributed by atoms with Crippen LogP contribution in [0.4, 0.5) is 11.4 Å². The van der Waals surface area contributed by atoms with E-state index in [2.05, 4.69) is 15.3 Å². The number of aliphatic hydroxyl groups excluding tert-OH is 1. The lowest BCUT2D eigenvalue weighted by atomic mass is 10.1. The number of nitrogens with two attached hydrogens (primary N) is 1. The number of aromatic amines is 1. The van der Waals surface area contributed by atoms with Crippen LogP contribution < -0.4 is 21.5 Å². The summed E-state index contributed by atoms with van der Waals surface area (Å²) in [6, 6.07) is 13.5. The maximum absolute atomic E-state index is 13.2. The largest absolute Gasteiger partial charge is 0.383 e. The van der Waals surface area contributed by atoms with Gasteiger partial charge in [0.2, 0.25) is 5.56 Å². The van der Waals surface area contributed by atoms with Crippen molar-refractivity contribution in [1.29, 1.82) is 0 Å². The molecule has 10 heteroatoms. The number of aromatic nitrogens is 1. The summed E-state index contributed by atoms with van der Waals surface area (Å²) in [6.45, 7) is 0.745. The summed E-state index contributed by atoms with van der Waals surface area (Å²) in [5.74, 6) is -0.899. The molecule has 5 N–H and O–H groups in total. The highest BCUT2D eigenvalue weighted by atomic mass is 16.5. The van der Waals surface area contributed by atoms with Crippen LogP contribution in [-0.4, -0.2) is 53.1 Å². The van der Waals surface area contributed by atoms with Gasteiger partial charge in [0.15, 0.2) is 12.2 Å². The number of pyridine rings is 1. The summed E-state index contributed by atoms with van der Waals surface area (Å²) in [4.78, 5) is 46.0. The molecule has 2 aliphatic rings. The lowest BCUT2D eigenvalue weighted by molar-refractivity contribution is -0.150. The Hall–Kier alpha value is -4.02. The van der Waals surface area contributed by atoms with Crippen LogP contribution in [0.1, 0.15) is 11.1 Å². The smallest absolute Gasteiger partial charge is 0.259 e. The molecule has 168 valence electrons. The zero-order chi connectivity index (χ0) is 23.1. The van der Waals surface area contributed by atoms with E-state index < -0.39 is 24.0 Å². The van der Waals surface area contributed by atoms with E-state index in [1.54, 1.807) is 36.4 Å². The first-order chi connectivity index (χ1) is 15.9. The summed E-state index contributed by atoms with van der Waals surface area (Å²) in [6.07, 6.45) is -3.12. The van der Waals surface area contributed by atoms with E-state index in [-0.39, 0.29) is 18.7 Å². The van der Waals surface area contributed by atoms with Gasteiger partial charge in [-0.3, -0.25) is 19.4 Å². The molecule has 0 radical (unpaired) electrons. The second-order valence-electron chi connectivity index (χ2n) is 7.85. The zero-order valence-electron chi connectivity index (χ0n) is 17.4. The fraction of sp³-hybridized carbons (Fsp3) is 0.217. The van der Waals surface area contributed by atoms with E-state index in [1.165, 1.54) is 11.0 Å². The van der Waals surface area contributed by atoms with Crippen LogP contribution in [0.25, 0.3) is 10.9 Å². The minimum absolute atomic E-state index is 0.115. The molecule has 2 aliphatic heterocycles. The van der Waals surface area contributed by atoms with Gasteiger partial charge in [-0.05, 0) is 35.9 Å². The first-order valence-corrected chi connectivity index (χ1v) is 10.4. The Morgan fingerprint density at radius 3 is 2.94 bits per heavy atom. The van der Waals surface area contributed by atoms with Gasteiger partial charge in [-0.15, -0.1) is 0 Å². The summed E-state index contributed by atoms with van der Waals surface area (Å²) in [7, 11) is 0. The SMILES string of the molecule is NC1=NCc2cc(NC(=O)[C@H](O)[C@H]3OCCN(c4cccc5ccc(=O)[nH]c45)C3=O)ccc21. The molecule has 3 heterocycles. The molecule has 2 atom stereocenters. The Bertz CT molecular complexity index is 1360. The van der Waals surface area contributed by atoms with Crippen LogP contribution >= 0.6 is 0 Å². The van der Waals surface area contributed by atoms with Crippen molar-refractivity contribution >= 4 is 39.9 Å². The topological polar surface area (TPSA) is 150 Å². The average Bonchev–Trinajstić information content (AvgIpc) is 3.18. The van der Waals surface area contributed by atoms with Crippen molar-refractivity contribution in [2.45, 2.75) is 18.8 Å². The molecular formula is C23H21N5O5. The third kappa shape index (κ3) is 3.75. The zero-order valence-corrected chi connectivity index (χ0v) is 17.4. The molecule has 3 aromatic rings. The second-order valence-corrected chi connectivity index (χ2v) is 7.85. The summed E-state index contributed by atoms with van der Waals surface area (Å²) >= 11 is 0. The molecule has 0 bridgehead atoms. The van der Waals surface area contributed by atoms with Crippen LogP contribution in [0.2, 0.25) is 0 Å². The van der Waals surface area contributed by atoms with Crippen molar-refractivity contribution in [2.24, 2.45) is 10.7 Å². The number of aliphatic hydroxyl groups is 1.